The van der Waals surface area contributed by atoms with Crippen LogP contribution in [0, 0.1) is 6.92 Å². The maximum atomic E-state index is 13.8. The summed E-state index contributed by atoms with van der Waals surface area (Å²) in [7, 11) is 0. The third-order valence-electron chi connectivity index (χ3n) is 8.08. The lowest BCUT2D eigenvalue weighted by Crippen LogP contribution is -2.53. The van der Waals surface area contributed by atoms with Crippen molar-refractivity contribution in [3.8, 4) is 0 Å². The number of aryl methyl sites for hydroxylation is 1. The number of rotatable bonds is 4. The highest BCUT2D eigenvalue weighted by Gasteiger charge is 2.44. The molecule has 2 aromatic rings. The molecular formula is C26H34FN5O3. The number of hydrogen-bond acceptors (Lipinski definition) is 5. The number of carbonyl (C=O) groups is 2. The van der Waals surface area contributed by atoms with Gasteiger partial charge in [0, 0.05) is 50.1 Å². The molecule has 0 bridgehead atoms. The van der Waals surface area contributed by atoms with Gasteiger partial charge in [0.25, 0.3) is 0 Å². The summed E-state index contributed by atoms with van der Waals surface area (Å²) < 4.78 is 14.9. The fourth-order valence-corrected chi connectivity index (χ4v) is 6.01. The third kappa shape index (κ3) is 4.78. The Labute approximate surface area is 205 Å². The van der Waals surface area contributed by atoms with Crippen LogP contribution >= 0.6 is 0 Å². The highest BCUT2D eigenvalue weighted by Crippen LogP contribution is 2.40. The normalized spacial score (nSPS) is 21.1. The maximum absolute atomic E-state index is 13.8. The summed E-state index contributed by atoms with van der Waals surface area (Å²) in [5.41, 5.74) is 3.70. The van der Waals surface area contributed by atoms with Gasteiger partial charge in [-0.05, 0) is 75.3 Å². The van der Waals surface area contributed by atoms with Gasteiger partial charge in [0.1, 0.15) is 6.17 Å². The first-order valence-corrected chi connectivity index (χ1v) is 12.7. The number of aromatic carboxylic acids is 1. The minimum Gasteiger partial charge on any atom is -0.476 e. The first kappa shape index (κ1) is 23.8. The second-order valence-corrected chi connectivity index (χ2v) is 10.3. The Kier molecular flexibility index (Phi) is 6.53. The number of hydrogen-bond donors (Lipinski definition) is 1. The molecule has 1 aromatic heterocycles. The van der Waals surface area contributed by atoms with E-state index in [0.717, 1.165) is 56.5 Å². The van der Waals surface area contributed by atoms with E-state index < -0.39 is 12.1 Å². The molecule has 1 amide bonds. The zero-order valence-electron chi connectivity index (χ0n) is 20.3. The van der Waals surface area contributed by atoms with Crippen molar-refractivity contribution in [2.45, 2.75) is 63.7 Å². The first-order valence-electron chi connectivity index (χ1n) is 12.7. The van der Waals surface area contributed by atoms with Crippen molar-refractivity contribution in [3.63, 3.8) is 0 Å². The Morgan fingerprint density at radius 2 is 1.83 bits per heavy atom. The van der Waals surface area contributed by atoms with Gasteiger partial charge < -0.3 is 14.9 Å². The van der Waals surface area contributed by atoms with Crippen LogP contribution in [0.5, 0.6) is 0 Å². The summed E-state index contributed by atoms with van der Waals surface area (Å²) in [6.45, 7) is 6.78. The summed E-state index contributed by atoms with van der Waals surface area (Å²) in [5, 5.41) is 13.0. The van der Waals surface area contributed by atoms with Crippen LogP contribution in [0.25, 0.3) is 0 Å². The van der Waals surface area contributed by atoms with E-state index in [-0.39, 0.29) is 17.3 Å². The average Bonchev–Trinajstić information content (AvgIpc) is 3.49. The largest absolute Gasteiger partial charge is 0.476 e. The molecule has 0 atom stereocenters. The van der Waals surface area contributed by atoms with Crippen LogP contribution in [-0.4, -0.2) is 81.1 Å². The summed E-state index contributed by atoms with van der Waals surface area (Å²) in [4.78, 5) is 30.7. The summed E-state index contributed by atoms with van der Waals surface area (Å²) in [6, 6.07) is 7.72. The molecule has 0 unspecified atom stereocenters. The van der Waals surface area contributed by atoms with Crippen LogP contribution in [0.4, 0.5) is 14.9 Å². The van der Waals surface area contributed by atoms with Crippen LogP contribution in [0.2, 0.25) is 0 Å². The highest BCUT2D eigenvalue weighted by molar-refractivity contribution is 5.86. The topological polar surface area (TPSA) is 81.9 Å². The lowest BCUT2D eigenvalue weighted by atomic mass is 9.84. The highest BCUT2D eigenvalue weighted by atomic mass is 19.1. The van der Waals surface area contributed by atoms with E-state index in [0.29, 0.717) is 25.9 Å². The minimum absolute atomic E-state index is 0.0706. The number of amides is 1. The van der Waals surface area contributed by atoms with Gasteiger partial charge in [-0.15, -0.1) is 0 Å². The molecule has 4 heterocycles. The number of anilines is 1. The summed E-state index contributed by atoms with van der Waals surface area (Å²) in [6.07, 6.45) is 5.96. The molecule has 8 nitrogen and oxygen atoms in total. The van der Waals surface area contributed by atoms with Crippen LogP contribution in [0.15, 0.2) is 30.5 Å². The third-order valence-corrected chi connectivity index (χ3v) is 8.08. The van der Waals surface area contributed by atoms with E-state index in [2.05, 4.69) is 40.0 Å². The van der Waals surface area contributed by atoms with Gasteiger partial charge in [0.2, 0.25) is 0 Å². The molecule has 0 aliphatic carbocycles. The van der Waals surface area contributed by atoms with Gasteiger partial charge >= 0.3 is 12.0 Å². The van der Waals surface area contributed by atoms with Crippen molar-refractivity contribution in [2.24, 2.45) is 0 Å². The first-order chi connectivity index (χ1) is 16.8. The minimum atomic E-state index is -1.14. The van der Waals surface area contributed by atoms with E-state index >= 15 is 0 Å². The Morgan fingerprint density at radius 3 is 2.51 bits per heavy atom. The lowest BCUT2D eigenvalue weighted by Gasteiger charge is -2.45. The Balaban J connectivity index is 1.27. The lowest BCUT2D eigenvalue weighted by molar-refractivity contribution is 0.0585. The number of halogens is 1. The SMILES string of the molecule is Cc1ccc(CN2CCCC23CCN(C(=O)n2ccc(C(=O)O)n2)CC3)c(N2CCC(F)CC2)c1. The Hall–Kier alpha value is -2.94. The Bertz CT molecular complexity index is 1090. The maximum Gasteiger partial charge on any atom is 0.356 e. The second-order valence-electron chi connectivity index (χ2n) is 10.3. The quantitative estimate of drug-likeness (QED) is 0.710. The molecule has 0 saturated carbocycles. The van der Waals surface area contributed by atoms with Crippen molar-refractivity contribution >= 4 is 17.7 Å². The van der Waals surface area contributed by atoms with Gasteiger partial charge in [-0.3, -0.25) is 4.90 Å². The van der Waals surface area contributed by atoms with Gasteiger partial charge in [0.15, 0.2) is 5.69 Å². The van der Waals surface area contributed by atoms with Crippen molar-refractivity contribution in [1.82, 2.24) is 19.6 Å². The number of alkyl halides is 1. The number of benzene rings is 1. The van der Waals surface area contributed by atoms with Crippen molar-refractivity contribution in [1.29, 1.82) is 0 Å². The smallest absolute Gasteiger partial charge is 0.356 e. The van der Waals surface area contributed by atoms with Crippen molar-refractivity contribution < 1.29 is 19.1 Å². The molecule has 1 spiro atoms. The Morgan fingerprint density at radius 1 is 1.09 bits per heavy atom. The molecule has 9 heteroatoms. The van der Waals surface area contributed by atoms with E-state index in [9.17, 15) is 14.0 Å². The van der Waals surface area contributed by atoms with Gasteiger partial charge in [-0.2, -0.15) is 9.78 Å². The predicted octanol–water partition coefficient (Wildman–Crippen LogP) is 3.93. The van der Waals surface area contributed by atoms with E-state index in [4.69, 9.17) is 5.11 Å². The number of nitrogens with zero attached hydrogens (tertiary/aromatic N) is 5. The zero-order chi connectivity index (χ0) is 24.6. The molecule has 3 saturated heterocycles. The second kappa shape index (κ2) is 9.60. The predicted molar refractivity (Wildman–Crippen MR) is 131 cm³/mol. The fraction of sp³-hybridized carbons (Fsp3) is 0.577. The molecule has 3 aliphatic heterocycles. The number of carboxylic acids is 1. The van der Waals surface area contributed by atoms with Gasteiger partial charge in [0.05, 0.1) is 0 Å². The van der Waals surface area contributed by atoms with E-state index in [1.807, 2.05) is 0 Å². The van der Waals surface area contributed by atoms with E-state index in [1.54, 1.807) is 4.90 Å². The summed E-state index contributed by atoms with van der Waals surface area (Å²) >= 11 is 0. The van der Waals surface area contributed by atoms with Crippen LogP contribution < -0.4 is 4.90 Å². The van der Waals surface area contributed by atoms with Gasteiger partial charge in [-0.1, -0.05) is 12.1 Å². The molecular weight excluding hydrogens is 449 g/mol. The molecule has 188 valence electrons. The van der Waals surface area contributed by atoms with Crippen molar-refractivity contribution in [3.05, 3.63) is 47.3 Å². The van der Waals surface area contributed by atoms with Crippen LogP contribution in [0.1, 0.15) is 60.1 Å². The van der Waals surface area contributed by atoms with E-state index in [1.165, 1.54) is 29.1 Å². The molecule has 35 heavy (non-hydrogen) atoms. The number of aromatic nitrogens is 2. The number of likely N-dealkylation sites (tertiary alicyclic amines) is 2. The molecule has 0 radical (unpaired) electrons. The standard InChI is InChI=1S/C26H34FN5O3/c1-19-3-4-20(23(17-19)29-12-5-21(27)6-13-29)18-31-11-2-8-26(31)9-15-30(16-10-26)25(35)32-14-7-22(28-32)24(33)34/h3-4,7,14,17,21H,2,5-6,8-13,15-16,18H2,1H3,(H,33,34). The number of carbonyl (C=O) groups excluding carboxylic acids is 1. The van der Waals surface area contributed by atoms with Crippen molar-refractivity contribution in [2.75, 3.05) is 37.6 Å². The molecule has 3 aliphatic rings. The molecule has 1 aromatic carbocycles. The number of carboxylic acid groups (broad SMARTS) is 1. The van der Waals surface area contributed by atoms with Crippen LogP contribution in [-0.2, 0) is 6.54 Å². The fourth-order valence-electron chi connectivity index (χ4n) is 6.01. The molecule has 1 N–H and O–H groups in total. The summed E-state index contributed by atoms with van der Waals surface area (Å²) in [5.74, 6) is -1.14. The number of piperidine rings is 2. The van der Waals surface area contributed by atoms with Gasteiger partial charge in [-0.25, -0.2) is 14.0 Å². The average molecular weight is 484 g/mol. The molecule has 3 fully saturated rings. The monoisotopic (exact) mass is 483 g/mol. The molecule has 5 rings (SSSR count). The van der Waals surface area contributed by atoms with Crippen LogP contribution in [0.3, 0.4) is 0 Å². The zero-order valence-corrected chi connectivity index (χ0v) is 20.3.